The first-order valence-corrected chi connectivity index (χ1v) is 6.80. The topological polar surface area (TPSA) is 29.3 Å². The molecule has 0 spiro atoms. The van der Waals surface area contributed by atoms with E-state index in [2.05, 4.69) is 43.1 Å². The molecular weight excluding hydrogens is 251 g/mol. The molecule has 0 aliphatic heterocycles. The van der Waals surface area contributed by atoms with E-state index < -0.39 is 0 Å². The molecule has 0 atom stereocenters. The second-order valence-electron chi connectivity index (χ2n) is 5.29. The molecule has 0 heterocycles. The molecule has 20 heavy (non-hydrogen) atoms. The number of nitrogens with two attached hydrogens (primary N) is 1. The van der Waals surface area contributed by atoms with Gasteiger partial charge in [0, 0.05) is 25.2 Å². The average molecular weight is 272 g/mol. The molecule has 2 N–H and O–H groups in total. The minimum atomic E-state index is -0.225. The summed E-state index contributed by atoms with van der Waals surface area (Å²) in [6.07, 6.45) is 0. The van der Waals surface area contributed by atoms with Crippen molar-refractivity contribution in [3.63, 3.8) is 0 Å². The SMILES string of the molecule is Cc1ccc(CN(C)Cc2ccc(F)c(CN)c2)cc1. The monoisotopic (exact) mass is 272 g/mol. The first-order valence-electron chi connectivity index (χ1n) is 6.80. The molecule has 0 fully saturated rings. The van der Waals surface area contributed by atoms with Gasteiger partial charge in [-0.25, -0.2) is 4.39 Å². The predicted molar refractivity (Wildman–Crippen MR) is 80.6 cm³/mol. The number of nitrogens with zero attached hydrogens (tertiary/aromatic N) is 1. The van der Waals surface area contributed by atoms with Gasteiger partial charge in [0.05, 0.1) is 0 Å². The summed E-state index contributed by atoms with van der Waals surface area (Å²) in [6, 6.07) is 13.7. The van der Waals surface area contributed by atoms with Crippen molar-refractivity contribution in [2.24, 2.45) is 5.73 Å². The van der Waals surface area contributed by atoms with Gasteiger partial charge < -0.3 is 5.73 Å². The van der Waals surface area contributed by atoms with E-state index in [1.807, 2.05) is 12.1 Å². The van der Waals surface area contributed by atoms with Gasteiger partial charge in [-0.3, -0.25) is 4.90 Å². The Morgan fingerprint density at radius 3 is 2.25 bits per heavy atom. The van der Waals surface area contributed by atoms with Crippen molar-refractivity contribution in [3.05, 3.63) is 70.5 Å². The fraction of sp³-hybridized carbons (Fsp3) is 0.294. The first kappa shape index (κ1) is 14.7. The van der Waals surface area contributed by atoms with E-state index in [-0.39, 0.29) is 12.4 Å². The van der Waals surface area contributed by atoms with Gasteiger partial charge in [0.25, 0.3) is 0 Å². The highest BCUT2D eigenvalue weighted by Crippen LogP contribution is 2.13. The molecule has 0 aliphatic carbocycles. The first-order chi connectivity index (χ1) is 9.58. The summed E-state index contributed by atoms with van der Waals surface area (Å²) in [5.41, 5.74) is 9.74. The van der Waals surface area contributed by atoms with Crippen LogP contribution < -0.4 is 5.73 Å². The maximum atomic E-state index is 13.4. The Balaban J connectivity index is 2.00. The third-order valence-electron chi connectivity index (χ3n) is 3.36. The van der Waals surface area contributed by atoms with Crippen LogP contribution in [0.5, 0.6) is 0 Å². The van der Waals surface area contributed by atoms with Crippen molar-refractivity contribution >= 4 is 0 Å². The molecule has 2 rings (SSSR count). The molecule has 0 amide bonds. The highest BCUT2D eigenvalue weighted by molar-refractivity contribution is 5.25. The molecule has 0 aliphatic rings. The lowest BCUT2D eigenvalue weighted by Crippen LogP contribution is -2.17. The quantitative estimate of drug-likeness (QED) is 0.905. The van der Waals surface area contributed by atoms with Crippen molar-refractivity contribution in [2.45, 2.75) is 26.6 Å². The highest BCUT2D eigenvalue weighted by Gasteiger charge is 2.05. The Bertz CT molecular complexity index is 564. The Morgan fingerprint density at radius 2 is 1.60 bits per heavy atom. The number of benzene rings is 2. The molecule has 106 valence electrons. The Morgan fingerprint density at radius 1 is 1.00 bits per heavy atom. The van der Waals surface area contributed by atoms with Crippen molar-refractivity contribution < 1.29 is 4.39 Å². The normalized spacial score (nSPS) is 11.1. The molecule has 3 heteroatoms. The summed E-state index contributed by atoms with van der Waals surface area (Å²) >= 11 is 0. The molecule has 0 aromatic heterocycles. The van der Waals surface area contributed by atoms with Crippen LogP contribution in [0.2, 0.25) is 0 Å². The van der Waals surface area contributed by atoms with E-state index >= 15 is 0 Å². The van der Waals surface area contributed by atoms with E-state index in [1.165, 1.54) is 17.2 Å². The lowest BCUT2D eigenvalue weighted by molar-refractivity contribution is 0.319. The van der Waals surface area contributed by atoms with Crippen molar-refractivity contribution in [3.8, 4) is 0 Å². The zero-order chi connectivity index (χ0) is 14.5. The summed E-state index contributed by atoms with van der Waals surface area (Å²) < 4.78 is 13.4. The van der Waals surface area contributed by atoms with E-state index in [0.29, 0.717) is 5.56 Å². The molecule has 0 bridgehead atoms. The van der Waals surface area contributed by atoms with Crippen molar-refractivity contribution in [2.75, 3.05) is 7.05 Å². The zero-order valence-corrected chi connectivity index (χ0v) is 12.1. The van der Waals surface area contributed by atoms with Crippen LogP contribution in [-0.2, 0) is 19.6 Å². The fourth-order valence-electron chi connectivity index (χ4n) is 2.26. The van der Waals surface area contributed by atoms with Crippen LogP contribution in [-0.4, -0.2) is 11.9 Å². The largest absolute Gasteiger partial charge is 0.326 e. The standard InChI is InChI=1S/C17H21FN2/c1-13-3-5-14(6-4-13)11-20(2)12-15-7-8-17(18)16(9-15)10-19/h3-9H,10-12,19H2,1-2H3. The molecule has 0 saturated heterocycles. The molecule has 0 saturated carbocycles. The van der Waals surface area contributed by atoms with Gasteiger partial charge in [-0.05, 0) is 31.2 Å². The number of halogens is 1. The summed E-state index contributed by atoms with van der Waals surface area (Å²) in [5, 5.41) is 0. The van der Waals surface area contributed by atoms with Crippen LogP contribution in [0.4, 0.5) is 4.39 Å². The van der Waals surface area contributed by atoms with Crippen molar-refractivity contribution in [1.82, 2.24) is 4.90 Å². The Kier molecular flexibility index (Phi) is 4.88. The van der Waals surface area contributed by atoms with Gasteiger partial charge in [-0.15, -0.1) is 0 Å². The summed E-state index contributed by atoms with van der Waals surface area (Å²) in [6.45, 7) is 3.97. The highest BCUT2D eigenvalue weighted by atomic mass is 19.1. The summed E-state index contributed by atoms with van der Waals surface area (Å²) in [7, 11) is 2.06. The summed E-state index contributed by atoms with van der Waals surface area (Å²) in [5.74, 6) is -0.225. The Hall–Kier alpha value is -1.71. The van der Waals surface area contributed by atoms with E-state index in [0.717, 1.165) is 18.7 Å². The van der Waals surface area contributed by atoms with E-state index in [9.17, 15) is 4.39 Å². The van der Waals surface area contributed by atoms with Crippen LogP contribution in [0.1, 0.15) is 22.3 Å². The van der Waals surface area contributed by atoms with Gasteiger partial charge >= 0.3 is 0 Å². The second kappa shape index (κ2) is 6.64. The molecule has 2 nitrogen and oxygen atoms in total. The van der Waals surface area contributed by atoms with E-state index in [1.54, 1.807) is 0 Å². The minimum Gasteiger partial charge on any atom is -0.326 e. The number of hydrogen-bond donors (Lipinski definition) is 1. The molecular formula is C17H21FN2. The lowest BCUT2D eigenvalue weighted by atomic mass is 10.1. The number of hydrogen-bond acceptors (Lipinski definition) is 2. The summed E-state index contributed by atoms with van der Waals surface area (Å²) in [4.78, 5) is 2.21. The zero-order valence-electron chi connectivity index (χ0n) is 12.1. The smallest absolute Gasteiger partial charge is 0.127 e. The maximum Gasteiger partial charge on any atom is 0.127 e. The molecule has 2 aromatic carbocycles. The van der Waals surface area contributed by atoms with Gasteiger partial charge in [0.1, 0.15) is 5.82 Å². The van der Waals surface area contributed by atoms with Crippen LogP contribution >= 0.6 is 0 Å². The predicted octanol–water partition coefficient (Wildman–Crippen LogP) is 3.22. The fourth-order valence-corrected chi connectivity index (χ4v) is 2.26. The van der Waals surface area contributed by atoms with Gasteiger partial charge in [-0.1, -0.05) is 42.0 Å². The minimum absolute atomic E-state index is 0.225. The lowest BCUT2D eigenvalue weighted by Gasteiger charge is -2.17. The van der Waals surface area contributed by atoms with Crippen LogP contribution in [0.15, 0.2) is 42.5 Å². The van der Waals surface area contributed by atoms with Crippen molar-refractivity contribution in [1.29, 1.82) is 0 Å². The third kappa shape index (κ3) is 3.89. The molecule has 2 aromatic rings. The van der Waals surface area contributed by atoms with Crippen LogP contribution in [0, 0.1) is 12.7 Å². The van der Waals surface area contributed by atoms with Gasteiger partial charge in [0.2, 0.25) is 0 Å². The number of aryl methyl sites for hydroxylation is 1. The molecule has 0 unspecified atom stereocenters. The van der Waals surface area contributed by atoms with Crippen LogP contribution in [0.3, 0.4) is 0 Å². The van der Waals surface area contributed by atoms with Gasteiger partial charge in [-0.2, -0.15) is 0 Å². The third-order valence-corrected chi connectivity index (χ3v) is 3.36. The second-order valence-corrected chi connectivity index (χ2v) is 5.29. The number of rotatable bonds is 5. The van der Waals surface area contributed by atoms with Crippen LogP contribution in [0.25, 0.3) is 0 Å². The molecule has 0 radical (unpaired) electrons. The van der Waals surface area contributed by atoms with E-state index in [4.69, 9.17) is 5.73 Å². The average Bonchev–Trinajstić information content (AvgIpc) is 2.43. The Labute approximate surface area is 120 Å². The maximum absolute atomic E-state index is 13.4. The van der Waals surface area contributed by atoms with Gasteiger partial charge in [0.15, 0.2) is 0 Å².